The van der Waals surface area contributed by atoms with Gasteiger partial charge in [0.25, 0.3) is 0 Å². The van der Waals surface area contributed by atoms with Crippen LogP contribution in [0.1, 0.15) is 25.3 Å². The molecule has 1 fully saturated rings. The van der Waals surface area contributed by atoms with E-state index in [0.29, 0.717) is 22.4 Å². The molecule has 9 nitrogen and oxygen atoms in total. The quantitative estimate of drug-likeness (QED) is 0.515. The molecule has 1 aliphatic carbocycles. The van der Waals surface area contributed by atoms with Gasteiger partial charge >= 0.3 is 6.09 Å². The van der Waals surface area contributed by atoms with Gasteiger partial charge in [-0.05, 0) is 43.5 Å². The standard InChI is InChI=1S/C23H26N4O5S/c1-4-31-23(28)27-33(3,29)17-7-5-6-15(10-17)13-32-21-12-19-18(11-20(21)30-2)22(25-14-24-19)26-16-8-9-16/h5-7,10-12,14,16H,4,8-9,13H2,1-3H3,(H,24,25,26). The molecular weight excluding hydrogens is 444 g/mol. The fourth-order valence-electron chi connectivity index (χ4n) is 3.25. The van der Waals surface area contributed by atoms with Crippen LogP contribution in [0.15, 0.2) is 52.0 Å². The summed E-state index contributed by atoms with van der Waals surface area (Å²) in [6, 6.07) is 11.1. The van der Waals surface area contributed by atoms with Crippen LogP contribution in [0.2, 0.25) is 0 Å². The first-order chi connectivity index (χ1) is 15.9. The van der Waals surface area contributed by atoms with Gasteiger partial charge in [0.15, 0.2) is 11.5 Å². The molecule has 1 atom stereocenters. The summed E-state index contributed by atoms with van der Waals surface area (Å²) in [7, 11) is -1.36. The van der Waals surface area contributed by atoms with E-state index in [1.807, 2.05) is 18.2 Å². The molecule has 174 valence electrons. The zero-order chi connectivity index (χ0) is 23.4. The summed E-state index contributed by atoms with van der Waals surface area (Å²) in [6.07, 6.45) is 4.37. The van der Waals surface area contributed by atoms with Crippen LogP contribution in [-0.2, 0) is 21.1 Å². The summed E-state index contributed by atoms with van der Waals surface area (Å²) >= 11 is 0. The van der Waals surface area contributed by atoms with E-state index in [9.17, 15) is 9.00 Å². The van der Waals surface area contributed by atoms with E-state index in [4.69, 9.17) is 14.2 Å². The Labute approximate surface area is 192 Å². The van der Waals surface area contributed by atoms with Crippen LogP contribution in [0, 0.1) is 0 Å². The van der Waals surface area contributed by atoms with E-state index in [-0.39, 0.29) is 13.2 Å². The van der Waals surface area contributed by atoms with Crippen molar-refractivity contribution in [3.8, 4) is 11.5 Å². The van der Waals surface area contributed by atoms with E-state index < -0.39 is 15.8 Å². The predicted molar refractivity (Wildman–Crippen MR) is 125 cm³/mol. The first kappa shape index (κ1) is 22.8. The smallest absolute Gasteiger partial charge is 0.442 e. The summed E-state index contributed by atoms with van der Waals surface area (Å²) < 4.78 is 33.0. The molecule has 0 radical (unpaired) electrons. The van der Waals surface area contributed by atoms with Crippen molar-refractivity contribution in [1.82, 2.24) is 9.97 Å². The highest BCUT2D eigenvalue weighted by molar-refractivity contribution is 7.93. The molecule has 0 bridgehead atoms. The van der Waals surface area contributed by atoms with E-state index in [1.165, 1.54) is 12.6 Å². The molecule has 3 aromatic rings. The molecule has 0 spiro atoms. The van der Waals surface area contributed by atoms with Crippen molar-refractivity contribution in [2.45, 2.75) is 37.3 Å². The largest absolute Gasteiger partial charge is 0.493 e. The number of carbonyl (C=O) groups excluding carboxylic acids is 1. The van der Waals surface area contributed by atoms with Crippen LogP contribution in [0.3, 0.4) is 0 Å². The molecule has 0 aliphatic heterocycles. The number of rotatable bonds is 8. The van der Waals surface area contributed by atoms with Crippen LogP contribution < -0.4 is 14.8 Å². The summed E-state index contributed by atoms with van der Waals surface area (Å²) in [4.78, 5) is 20.8. The van der Waals surface area contributed by atoms with Crippen LogP contribution in [0.4, 0.5) is 10.6 Å². The zero-order valence-corrected chi connectivity index (χ0v) is 19.6. The first-order valence-corrected chi connectivity index (χ1v) is 12.5. The molecule has 33 heavy (non-hydrogen) atoms. The van der Waals surface area contributed by atoms with Gasteiger partial charge in [-0.15, -0.1) is 4.36 Å². The second kappa shape index (κ2) is 9.62. The van der Waals surface area contributed by atoms with Crippen molar-refractivity contribution in [3.63, 3.8) is 0 Å². The molecule has 1 amide bonds. The van der Waals surface area contributed by atoms with Crippen LogP contribution in [0.25, 0.3) is 10.9 Å². The number of aromatic nitrogens is 2. The fraction of sp³-hybridized carbons (Fsp3) is 0.348. The van der Waals surface area contributed by atoms with Crippen LogP contribution in [0.5, 0.6) is 11.5 Å². The maximum absolute atomic E-state index is 12.9. The van der Waals surface area contributed by atoms with E-state index in [1.54, 1.807) is 32.2 Å². The maximum atomic E-state index is 12.9. The lowest BCUT2D eigenvalue weighted by Gasteiger charge is -2.14. The molecule has 10 heteroatoms. The Morgan fingerprint density at radius 3 is 2.76 bits per heavy atom. The third-order valence-corrected chi connectivity index (χ3v) is 6.71. The Hall–Kier alpha value is -3.40. The molecule has 1 aromatic heterocycles. The van der Waals surface area contributed by atoms with E-state index >= 15 is 0 Å². The number of ether oxygens (including phenoxy) is 3. The zero-order valence-electron chi connectivity index (χ0n) is 18.7. The lowest BCUT2D eigenvalue weighted by atomic mass is 10.2. The number of methoxy groups -OCH3 is 1. The molecule has 0 saturated heterocycles. The van der Waals surface area contributed by atoms with Gasteiger partial charge in [-0.2, -0.15) is 0 Å². The Morgan fingerprint density at radius 2 is 2.03 bits per heavy atom. The monoisotopic (exact) mass is 470 g/mol. The number of amides is 1. The number of carbonyl (C=O) groups is 1. The van der Waals surface area contributed by atoms with Gasteiger partial charge in [-0.1, -0.05) is 12.1 Å². The lowest BCUT2D eigenvalue weighted by molar-refractivity contribution is 0.164. The molecule has 1 N–H and O–H groups in total. The Balaban J connectivity index is 1.56. The average Bonchev–Trinajstić information content (AvgIpc) is 3.61. The van der Waals surface area contributed by atoms with E-state index in [2.05, 4.69) is 19.6 Å². The lowest BCUT2D eigenvalue weighted by Crippen LogP contribution is -2.06. The molecule has 2 aromatic carbocycles. The van der Waals surface area contributed by atoms with Crippen molar-refractivity contribution in [3.05, 3.63) is 48.3 Å². The van der Waals surface area contributed by atoms with Crippen molar-refractivity contribution in [2.75, 3.05) is 25.3 Å². The minimum absolute atomic E-state index is 0.169. The Morgan fingerprint density at radius 1 is 1.21 bits per heavy atom. The number of hydrogen-bond donors (Lipinski definition) is 1. The predicted octanol–water partition coefficient (Wildman–Crippen LogP) is 4.40. The van der Waals surface area contributed by atoms with Crippen LogP contribution in [-0.4, -0.2) is 46.3 Å². The normalized spacial score (nSPS) is 14.9. The number of hydrogen-bond acceptors (Lipinski definition) is 8. The van der Waals surface area contributed by atoms with Gasteiger partial charge in [-0.3, -0.25) is 0 Å². The van der Waals surface area contributed by atoms with Crippen LogP contribution >= 0.6 is 0 Å². The highest BCUT2D eigenvalue weighted by atomic mass is 32.2. The Bertz CT molecular complexity index is 1300. The summed E-state index contributed by atoms with van der Waals surface area (Å²) in [5.41, 5.74) is 1.50. The SMILES string of the molecule is CCOC(=O)N=S(C)(=O)c1cccc(COc2cc3ncnc(NC4CC4)c3cc2OC)c1. The van der Waals surface area contributed by atoms with Gasteiger partial charge in [0, 0.05) is 28.6 Å². The van der Waals surface area contributed by atoms with Crippen molar-refractivity contribution >= 4 is 32.5 Å². The second-order valence-corrected chi connectivity index (χ2v) is 9.95. The fourth-order valence-corrected chi connectivity index (χ4v) is 4.39. The molecular formula is C23H26N4O5S. The van der Waals surface area contributed by atoms with Crippen molar-refractivity contribution in [2.24, 2.45) is 4.36 Å². The average molecular weight is 471 g/mol. The number of fused-ring (bicyclic) bond motifs is 1. The molecule has 1 heterocycles. The second-order valence-electron chi connectivity index (χ2n) is 7.69. The molecule has 4 rings (SSSR count). The maximum Gasteiger partial charge on any atom is 0.442 e. The third kappa shape index (κ3) is 5.51. The molecule has 1 aliphatic rings. The van der Waals surface area contributed by atoms with E-state index in [0.717, 1.165) is 35.1 Å². The number of benzene rings is 2. The summed E-state index contributed by atoms with van der Waals surface area (Å²) in [6.45, 7) is 2.03. The summed E-state index contributed by atoms with van der Waals surface area (Å²) in [5.74, 6) is 1.87. The number of nitrogens with zero attached hydrogens (tertiary/aromatic N) is 3. The first-order valence-electron chi connectivity index (χ1n) is 10.6. The van der Waals surface area contributed by atoms with Gasteiger partial charge < -0.3 is 19.5 Å². The van der Waals surface area contributed by atoms with Crippen molar-refractivity contribution < 1.29 is 23.2 Å². The minimum atomic E-state index is -2.94. The van der Waals surface area contributed by atoms with Gasteiger partial charge in [0.05, 0.1) is 29.0 Å². The third-order valence-electron chi connectivity index (χ3n) is 5.09. The highest BCUT2D eigenvalue weighted by Gasteiger charge is 2.23. The van der Waals surface area contributed by atoms with Crippen molar-refractivity contribution in [1.29, 1.82) is 0 Å². The minimum Gasteiger partial charge on any atom is -0.493 e. The molecule has 1 saturated carbocycles. The van der Waals surface area contributed by atoms with Gasteiger partial charge in [0.1, 0.15) is 18.8 Å². The molecule has 1 unspecified atom stereocenters. The Kier molecular flexibility index (Phi) is 6.64. The number of anilines is 1. The summed E-state index contributed by atoms with van der Waals surface area (Å²) in [5, 5.41) is 4.28. The van der Waals surface area contributed by atoms with Gasteiger partial charge in [-0.25, -0.2) is 19.0 Å². The number of nitrogens with one attached hydrogen (secondary N) is 1. The highest BCUT2D eigenvalue weighted by Crippen LogP contribution is 2.36. The van der Waals surface area contributed by atoms with Gasteiger partial charge in [0.2, 0.25) is 0 Å². The topological polar surface area (TPSA) is 112 Å².